The number of rotatable bonds is 7. The predicted molar refractivity (Wildman–Crippen MR) is 96.2 cm³/mol. The first kappa shape index (κ1) is 17.5. The first-order chi connectivity index (χ1) is 12.3. The van der Waals surface area contributed by atoms with Gasteiger partial charge in [-0.25, -0.2) is 0 Å². The van der Waals surface area contributed by atoms with Gasteiger partial charge < -0.3 is 19.6 Å². The number of furan rings is 1. The fourth-order valence-corrected chi connectivity index (χ4v) is 3.20. The molecular formula is C17H27N7O. The maximum atomic E-state index is 5.66. The fourth-order valence-electron chi connectivity index (χ4n) is 3.20. The van der Waals surface area contributed by atoms with Crippen LogP contribution in [0.25, 0.3) is 0 Å². The van der Waals surface area contributed by atoms with Crippen LogP contribution in [0, 0.1) is 0 Å². The minimum absolute atomic E-state index is 0.218. The molecule has 1 aliphatic heterocycles. The number of nitrogens with one attached hydrogen (secondary N) is 2. The van der Waals surface area contributed by atoms with Crippen molar-refractivity contribution in [1.82, 2.24) is 30.3 Å². The lowest BCUT2D eigenvalue weighted by atomic mass is 10.2. The monoisotopic (exact) mass is 345 g/mol. The van der Waals surface area contributed by atoms with E-state index in [0.717, 1.165) is 43.7 Å². The van der Waals surface area contributed by atoms with Gasteiger partial charge in [0, 0.05) is 20.1 Å². The quantitative estimate of drug-likeness (QED) is 0.583. The van der Waals surface area contributed by atoms with E-state index in [1.165, 1.54) is 12.8 Å². The summed E-state index contributed by atoms with van der Waals surface area (Å²) < 4.78 is 7.67. The highest BCUT2D eigenvalue weighted by Crippen LogP contribution is 2.24. The lowest BCUT2D eigenvalue weighted by Gasteiger charge is -2.26. The van der Waals surface area contributed by atoms with Crippen molar-refractivity contribution in [3.8, 4) is 0 Å². The highest BCUT2D eigenvalue weighted by Gasteiger charge is 2.25. The van der Waals surface area contributed by atoms with E-state index in [0.29, 0.717) is 6.54 Å². The van der Waals surface area contributed by atoms with Crippen LogP contribution in [0.2, 0.25) is 0 Å². The van der Waals surface area contributed by atoms with Gasteiger partial charge in [0.05, 0.1) is 18.8 Å². The summed E-state index contributed by atoms with van der Waals surface area (Å²) in [4.78, 5) is 6.78. The number of likely N-dealkylation sites (tertiary alicyclic amines) is 1. The topological polar surface area (TPSA) is 83.5 Å². The van der Waals surface area contributed by atoms with Crippen LogP contribution in [0.1, 0.15) is 37.4 Å². The fraction of sp³-hybridized carbons (Fsp3) is 0.588. The van der Waals surface area contributed by atoms with Crippen molar-refractivity contribution in [2.45, 2.75) is 38.9 Å². The standard InChI is InChI=1S/C17H27N7O/c1-3-23-13-21-22-16(23)12-20-17(18-2)19-11-14(15-7-6-10-25-15)24-8-4-5-9-24/h6-7,10,13-14H,3-5,8-9,11-12H2,1-2H3,(H2,18,19,20). The van der Waals surface area contributed by atoms with E-state index in [2.05, 4.69) is 37.6 Å². The minimum Gasteiger partial charge on any atom is -0.468 e. The maximum Gasteiger partial charge on any atom is 0.191 e. The van der Waals surface area contributed by atoms with Gasteiger partial charge in [-0.3, -0.25) is 9.89 Å². The molecule has 0 spiro atoms. The van der Waals surface area contributed by atoms with Gasteiger partial charge in [-0.1, -0.05) is 0 Å². The van der Waals surface area contributed by atoms with E-state index in [9.17, 15) is 0 Å². The Labute approximate surface area is 148 Å². The molecule has 1 saturated heterocycles. The maximum absolute atomic E-state index is 5.66. The van der Waals surface area contributed by atoms with Gasteiger partial charge in [0.15, 0.2) is 11.8 Å². The SMILES string of the molecule is CCn1cnnc1CNC(=NC)NCC(c1ccco1)N1CCCC1. The van der Waals surface area contributed by atoms with Crippen molar-refractivity contribution in [3.63, 3.8) is 0 Å². The van der Waals surface area contributed by atoms with Crippen LogP contribution in [0.5, 0.6) is 0 Å². The molecule has 1 fully saturated rings. The molecule has 136 valence electrons. The van der Waals surface area contributed by atoms with Gasteiger partial charge in [-0.05, 0) is 45.0 Å². The first-order valence-electron chi connectivity index (χ1n) is 8.90. The Balaban J connectivity index is 1.57. The number of hydrogen-bond acceptors (Lipinski definition) is 5. The highest BCUT2D eigenvalue weighted by atomic mass is 16.3. The molecule has 0 radical (unpaired) electrons. The average molecular weight is 345 g/mol. The van der Waals surface area contributed by atoms with Gasteiger partial charge >= 0.3 is 0 Å². The number of nitrogens with zero attached hydrogens (tertiary/aromatic N) is 5. The summed E-state index contributed by atoms with van der Waals surface area (Å²) in [6, 6.07) is 4.21. The average Bonchev–Trinajstić information content (AvgIpc) is 3.40. The summed E-state index contributed by atoms with van der Waals surface area (Å²) in [6.07, 6.45) is 5.98. The summed E-state index contributed by atoms with van der Waals surface area (Å²) in [7, 11) is 1.78. The van der Waals surface area contributed by atoms with E-state index in [1.54, 1.807) is 19.6 Å². The molecule has 8 heteroatoms. The molecule has 0 amide bonds. The predicted octanol–water partition coefficient (Wildman–Crippen LogP) is 1.39. The number of aromatic nitrogens is 3. The molecule has 1 unspecified atom stereocenters. The Morgan fingerprint density at radius 3 is 2.88 bits per heavy atom. The van der Waals surface area contributed by atoms with Gasteiger partial charge in [-0.2, -0.15) is 0 Å². The van der Waals surface area contributed by atoms with E-state index in [-0.39, 0.29) is 6.04 Å². The molecular weight excluding hydrogens is 318 g/mol. The van der Waals surface area contributed by atoms with Crippen molar-refractivity contribution in [2.75, 3.05) is 26.7 Å². The molecule has 1 aliphatic rings. The van der Waals surface area contributed by atoms with Gasteiger partial charge in [-0.15, -0.1) is 10.2 Å². The molecule has 2 aromatic rings. The van der Waals surface area contributed by atoms with Gasteiger partial charge in [0.25, 0.3) is 0 Å². The minimum atomic E-state index is 0.218. The number of hydrogen-bond donors (Lipinski definition) is 2. The van der Waals surface area contributed by atoms with Crippen molar-refractivity contribution >= 4 is 5.96 Å². The Bertz CT molecular complexity index is 658. The number of aliphatic imine (C=N–C) groups is 1. The molecule has 0 aromatic carbocycles. The molecule has 1 atom stereocenters. The van der Waals surface area contributed by atoms with E-state index in [1.807, 2.05) is 16.7 Å². The second-order valence-corrected chi connectivity index (χ2v) is 6.11. The molecule has 2 aromatic heterocycles. The Morgan fingerprint density at radius 2 is 2.20 bits per heavy atom. The molecule has 3 heterocycles. The number of aryl methyl sites for hydroxylation is 1. The number of guanidine groups is 1. The van der Waals surface area contributed by atoms with Gasteiger partial charge in [0.1, 0.15) is 12.1 Å². The Morgan fingerprint density at radius 1 is 1.36 bits per heavy atom. The zero-order chi connectivity index (χ0) is 17.5. The molecule has 0 aliphatic carbocycles. The third-order valence-electron chi connectivity index (χ3n) is 4.59. The molecule has 0 saturated carbocycles. The van der Waals surface area contributed by atoms with Crippen LogP contribution in [0.4, 0.5) is 0 Å². The smallest absolute Gasteiger partial charge is 0.191 e. The van der Waals surface area contributed by atoms with Crippen LogP contribution in [-0.2, 0) is 13.1 Å². The van der Waals surface area contributed by atoms with Crippen molar-refractivity contribution in [2.24, 2.45) is 4.99 Å². The molecule has 8 nitrogen and oxygen atoms in total. The molecule has 25 heavy (non-hydrogen) atoms. The lowest BCUT2D eigenvalue weighted by Crippen LogP contribution is -2.42. The third kappa shape index (κ3) is 4.39. The lowest BCUT2D eigenvalue weighted by molar-refractivity contribution is 0.215. The van der Waals surface area contributed by atoms with E-state index >= 15 is 0 Å². The highest BCUT2D eigenvalue weighted by molar-refractivity contribution is 5.79. The van der Waals surface area contributed by atoms with Crippen molar-refractivity contribution < 1.29 is 4.42 Å². The van der Waals surface area contributed by atoms with E-state index in [4.69, 9.17) is 4.42 Å². The molecule has 0 bridgehead atoms. The zero-order valence-electron chi connectivity index (χ0n) is 15.0. The summed E-state index contributed by atoms with van der Waals surface area (Å²) in [5.74, 6) is 2.64. The van der Waals surface area contributed by atoms with Gasteiger partial charge in [0.2, 0.25) is 0 Å². The molecule has 3 rings (SSSR count). The normalized spacial score (nSPS) is 17.0. The van der Waals surface area contributed by atoms with Crippen molar-refractivity contribution in [3.05, 3.63) is 36.3 Å². The molecule has 2 N–H and O–H groups in total. The summed E-state index contributed by atoms with van der Waals surface area (Å²) in [6.45, 7) is 6.48. The summed E-state index contributed by atoms with van der Waals surface area (Å²) in [5.41, 5.74) is 0. The van der Waals surface area contributed by atoms with Crippen molar-refractivity contribution in [1.29, 1.82) is 0 Å². The summed E-state index contributed by atoms with van der Waals surface area (Å²) >= 11 is 0. The van der Waals surface area contributed by atoms with E-state index < -0.39 is 0 Å². The van der Waals surface area contributed by atoms with Crippen LogP contribution >= 0.6 is 0 Å². The third-order valence-corrected chi connectivity index (χ3v) is 4.59. The second-order valence-electron chi connectivity index (χ2n) is 6.11. The Kier molecular flexibility index (Phi) is 6.05. The van der Waals surface area contributed by atoms with Crippen LogP contribution in [-0.4, -0.2) is 52.3 Å². The second kappa shape index (κ2) is 8.66. The van der Waals surface area contributed by atoms with Crippen LogP contribution in [0.15, 0.2) is 34.1 Å². The zero-order valence-corrected chi connectivity index (χ0v) is 15.0. The van der Waals surface area contributed by atoms with Crippen LogP contribution < -0.4 is 10.6 Å². The first-order valence-corrected chi connectivity index (χ1v) is 8.90. The summed E-state index contributed by atoms with van der Waals surface area (Å²) in [5, 5.41) is 14.8. The van der Waals surface area contributed by atoms with Crippen LogP contribution in [0.3, 0.4) is 0 Å². The largest absolute Gasteiger partial charge is 0.468 e. The Hall–Kier alpha value is -2.35.